The summed E-state index contributed by atoms with van der Waals surface area (Å²) in [5.74, 6) is 0.851. The Balaban J connectivity index is 2.96. The van der Waals surface area contributed by atoms with Crippen molar-refractivity contribution in [2.24, 2.45) is 0 Å². The van der Waals surface area contributed by atoms with Crippen LogP contribution in [-0.4, -0.2) is 18.6 Å². The topological polar surface area (TPSA) is 61.6 Å². The van der Waals surface area contributed by atoms with E-state index in [1.807, 2.05) is 0 Å². The molecular formula is C10H12NO4. The highest BCUT2D eigenvalue weighted by Gasteiger charge is 2.11. The number of nitro benzene ring substituents is 1. The quantitative estimate of drug-likeness (QED) is 0.552. The van der Waals surface area contributed by atoms with E-state index in [1.165, 1.54) is 25.3 Å². The lowest BCUT2D eigenvalue weighted by atomic mass is 10.3. The zero-order valence-corrected chi connectivity index (χ0v) is 8.43. The first-order chi connectivity index (χ1) is 7.19. The number of ether oxygens (including phenoxy) is 2. The van der Waals surface area contributed by atoms with Gasteiger partial charge in [0, 0.05) is 6.07 Å². The molecule has 0 aliphatic carbocycles. The maximum absolute atomic E-state index is 10.5. The molecule has 81 valence electrons. The summed E-state index contributed by atoms with van der Waals surface area (Å²) in [6.45, 7) is 4.01. The van der Waals surface area contributed by atoms with E-state index in [4.69, 9.17) is 9.47 Å². The average Bonchev–Trinajstić information content (AvgIpc) is 2.25. The van der Waals surface area contributed by atoms with Crippen LogP contribution < -0.4 is 9.47 Å². The molecule has 1 rings (SSSR count). The van der Waals surface area contributed by atoms with E-state index >= 15 is 0 Å². The third-order valence-electron chi connectivity index (χ3n) is 1.76. The molecule has 0 heterocycles. The Morgan fingerprint density at radius 1 is 1.47 bits per heavy atom. The van der Waals surface area contributed by atoms with Crippen LogP contribution in [0.2, 0.25) is 0 Å². The predicted octanol–water partition coefficient (Wildman–Crippen LogP) is 2.21. The number of non-ortho nitro benzene ring substituents is 1. The number of hydrogen-bond donors (Lipinski definition) is 0. The van der Waals surface area contributed by atoms with E-state index in [9.17, 15) is 10.1 Å². The minimum Gasteiger partial charge on any atom is -0.493 e. The van der Waals surface area contributed by atoms with Crippen LogP contribution in [0.25, 0.3) is 0 Å². The average molecular weight is 210 g/mol. The Labute approximate surface area is 87.8 Å². The lowest BCUT2D eigenvalue weighted by Crippen LogP contribution is -1.99. The highest BCUT2D eigenvalue weighted by Crippen LogP contribution is 2.31. The minimum atomic E-state index is -0.476. The van der Waals surface area contributed by atoms with Crippen molar-refractivity contribution in [2.45, 2.75) is 6.42 Å². The molecule has 1 radical (unpaired) electrons. The van der Waals surface area contributed by atoms with Crippen molar-refractivity contribution in [1.29, 1.82) is 0 Å². The van der Waals surface area contributed by atoms with Crippen molar-refractivity contribution >= 4 is 5.69 Å². The molecule has 15 heavy (non-hydrogen) atoms. The van der Waals surface area contributed by atoms with Gasteiger partial charge in [-0.3, -0.25) is 10.1 Å². The maximum Gasteiger partial charge on any atom is 0.273 e. The van der Waals surface area contributed by atoms with Crippen LogP contribution in [0.15, 0.2) is 18.2 Å². The Bertz CT molecular complexity index is 351. The van der Waals surface area contributed by atoms with Gasteiger partial charge in [-0.1, -0.05) is 0 Å². The zero-order chi connectivity index (χ0) is 11.3. The number of hydrogen-bond acceptors (Lipinski definition) is 4. The third-order valence-corrected chi connectivity index (χ3v) is 1.76. The number of nitrogens with zero attached hydrogens (tertiary/aromatic N) is 1. The molecule has 0 spiro atoms. The van der Waals surface area contributed by atoms with Crippen molar-refractivity contribution in [3.05, 3.63) is 35.2 Å². The third kappa shape index (κ3) is 2.83. The summed E-state index contributed by atoms with van der Waals surface area (Å²) in [6.07, 6.45) is 0.589. The summed E-state index contributed by atoms with van der Waals surface area (Å²) in [6, 6.07) is 4.22. The van der Waals surface area contributed by atoms with Gasteiger partial charge in [0.05, 0.1) is 24.7 Å². The van der Waals surface area contributed by atoms with E-state index in [0.29, 0.717) is 24.5 Å². The molecule has 5 nitrogen and oxygen atoms in total. The van der Waals surface area contributed by atoms with Gasteiger partial charge in [0.15, 0.2) is 11.5 Å². The van der Waals surface area contributed by atoms with Crippen LogP contribution in [-0.2, 0) is 0 Å². The van der Waals surface area contributed by atoms with Crippen LogP contribution in [0.5, 0.6) is 11.5 Å². The smallest absolute Gasteiger partial charge is 0.273 e. The summed E-state index contributed by atoms with van der Waals surface area (Å²) in [5.41, 5.74) is -0.0186. The van der Waals surface area contributed by atoms with Crippen molar-refractivity contribution < 1.29 is 14.4 Å². The molecule has 1 aromatic carbocycles. The number of methoxy groups -OCH3 is 1. The van der Waals surface area contributed by atoms with Crippen molar-refractivity contribution in [3.8, 4) is 11.5 Å². The molecule has 0 atom stereocenters. The summed E-state index contributed by atoms with van der Waals surface area (Å²) < 4.78 is 10.3. The second-order valence-corrected chi connectivity index (χ2v) is 2.79. The van der Waals surface area contributed by atoms with E-state index < -0.39 is 4.92 Å². The molecule has 0 bridgehead atoms. The minimum absolute atomic E-state index is 0.0186. The van der Waals surface area contributed by atoms with E-state index in [2.05, 4.69) is 6.92 Å². The second kappa shape index (κ2) is 5.19. The van der Waals surface area contributed by atoms with Gasteiger partial charge in [0.25, 0.3) is 5.69 Å². The van der Waals surface area contributed by atoms with Crippen LogP contribution >= 0.6 is 0 Å². The first-order valence-electron chi connectivity index (χ1n) is 4.43. The molecule has 0 saturated heterocycles. The molecule has 0 fully saturated rings. The fraction of sp³-hybridized carbons (Fsp3) is 0.300. The molecule has 0 N–H and O–H groups in total. The van der Waals surface area contributed by atoms with Gasteiger partial charge in [0.1, 0.15) is 0 Å². The number of rotatable bonds is 5. The molecular weight excluding hydrogens is 198 g/mol. The van der Waals surface area contributed by atoms with Crippen LogP contribution in [0, 0.1) is 17.0 Å². The van der Waals surface area contributed by atoms with E-state index in [0.717, 1.165) is 0 Å². The monoisotopic (exact) mass is 210 g/mol. The Morgan fingerprint density at radius 3 is 2.73 bits per heavy atom. The van der Waals surface area contributed by atoms with Gasteiger partial charge in [-0.2, -0.15) is 0 Å². The summed E-state index contributed by atoms with van der Waals surface area (Å²) in [4.78, 5) is 10.0. The highest BCUT2D eigenvalue weighted by molar-refractivity contribution is 5.48. The van der Waals surface area contributed by atoms with E-state index in [-0.39, 0.29) is 5.69 Å². The molecule has 0 aromatic heterocycles. The van der Waals surface area contributed by atoms with Crippen LogP contribution in [0.3, 0.4) is 0 Å². The highest BCUT2D eigenvalue weighted by atomic mass is 16.6. The van der Waals surface area contributed by atoms with Crippen molar-refractivity contribution in [2.75, 3.05) is 13.7 Å². The first-order valence-corrected chi connectivity index (χ1v) is 4.43. The number of benzene rings is 1. The Kier molecular flexibility index (Phi) is 3.91. The fourth-order valence-electron chi connectivity index (χ4n) is 1.07. The molecule has 0 aliphatic rings. The van der Waals surface area contributed by atoms with Gasteiger partial charge < -0.3 is 9.47 Å². The fourth-order valence-corrected chi connectivity index (χ4v) is 1.07. The Morgan fingerprint density at radius 2 is 2.20 bits per heavy atom. The summed E-state index contributed by atoms with van der Waals surface area (Å²) in [5, 5.41) is 10.5. The molecule has 0 saturated carbocycles. The van der Waals surface area contributed by atoms with Gasteiger partial charge in [0.2, 0.25) is 0 Å². The van der Waals surface area contributed by atoms with E-state index in [1.54, 1.807) is 0 Å². The van der Waals surface area contributed by atoms with Gasteiger partial charge in [-0.15, -0.1) is 0 Å². The largest absolute Gasteiger partial charge is 0.493 e. The standard InChI is InChI=1S/C10H12NO4/c1-3-6-15-10-7-8(11(12)13)4-5-9(10)14-2/h4-5,7H,1,3,6H2,2H3. The Hall–Kier alpha value is -1.78. The van der Waals surface area contributed by atoms with Gasteiger partial charge >= 0.3 is 0 Å². The molecule has 0 aliphatic heterocycles. The summed E-state index contributed by atoms with van der Waals surface area (Å²) in [7, 11) is 1.48. The van der Waals surface area contributed by atoms with Crippen LogP contribution in [0.4, 0.5) is 5.69 Å². The first kappa shape index (κ1) is 11.3. The van der Waals surface area contributed by atoms with Crippen molar-refractivity contribution in [3.63, 3.8) is 0 Å². The lowest BCUT2D eigenvalue weighted by Gasteiger charge is -2.08. The number of nitro groups is 1. The SMILES string of the molecule is [CH2]CCOc1cc([N+](=O)[O-])ccc1OC. The lowest BCUT2D eigenvalue weighted by molar-refractivity contribution is -0.385. The van der Waals surface area contributed by atoms with Gasteiger partial charge in [-0.25, -0.2) is 0 Å². The van der Waals surface area contributed by atoms with Gasteiger partial charge in [-0.05, 0) is 19.4 Å². The van der Waals surface area contributed by atoms with Crippen LogP contribution in [0.1, 0.15) is 6.42 Å². The molecule has 1 aromatic rings. The maximum atomic E-state index is 10.5. The predicted molar refractivity (Wildman–Crippen MR) is 55.1 cm³/mol. The normalized spacial score (nSPS) is 9.73. The molecule has 0 unspecified atom stereocenters. The van der Waals surface area contributed by atoms with Crippen molar-refractivity contribution in [1.82, 2.24) is 0 Å². The zero-order valence-electron chi connectivity index (χ0n) is 8.43. The summed E-state index contributed by atoms with van der Waals surface area (Å²) >= 11 is 0. The second-order valence-electron chi connectivity index (χ2n) is 2.79. The molecule has 5 heteroatoms. The molecule has 0 amide bonds.